The van der Waals surface area contributed by atoms with Crippen LogP contribution in [0.25, 0.3) is 0 Å². The lowest BCUT2D eigenvalue weighted by atomic mass is 10.2. The van der Waals surface area contributed by atoms with Crippen LogP contribution >= 0.6 is 15.9 Å². The second kappa shape index (κ2) is 7.59. The number of amides is 1. The third-order valence-electron chi connectivity index (χ3n) is 3.50. The van der Waals surface area contributed by atoms with Gasteiger partial charge in [-0.15, -0.1) is 0 Å². The number of nitrogens with zero attached hydrogens (tertiary/aromatic N) is 1. The molecule has 1 aliphatic rings. The number of hydrogen-bond donors (Lipinski definition) is 0. The molecule has 6 nitrogen and oxygen atoms in total. The zero-order chi connectivity index (χ0) is 18.8. The average molecular weight is 418 g/mol. The Kier molecular flexibility index (Phi) is 5.92. The van der Waals surface area contributed by atoms with Gasteiger partial charge in [0, 0.05) is 17.0 Å². The Labute approximate surface area is 154 Å². The van der Waals surface area contributed by atoms with Crippen molar-refractivity contribution in [3.05, 3.63) is 28.5 Å². The fourth-order valence-electron chi connectivity index (χ4n) is 2.55. The van der Waals surface area contributed by atoms with E-state index in [9.17, 15) is 14.0 Å². The standard InChI is InChI=1S/C17H21BrFNO5/c1-17(2,3)25-16(22)20-9-13(8-14(20)15(21)23-4)24-12-6-10(18)5-11(19)7-12/h5-7,13-14H,8-9H2,1-4H3/t13-,14-/m0/s1. The molecule has 0 aromatic heterocycles. The van der Waals surface area contributed by atoms with Crippen LogP contribution in [0.4, 0.5) is 9.18 Å². The Bertz CT molecular complexity index is 641. The zero-order valence-electron chi connectivity index (χ0n) is 14.5. The molecule has 0 aliphatic carbocycles. The number of carbonyl (C=O) groups is 2. The maximum Gasteiger partial charge on any atom is 0.411 e. The van der Waals surface area contributed by atoms with E-state index < -0.39 is 35.6 Å². The largest absolute Gasteiger partial charge is 0.488 e. The first-order valence-electron chi connectivity index (χ1n) is 7.79. The molecule has 1 fully saturated rings. The van der Waals surface area contributed by atoms with Crippen LogP contribution in [0.15, 0.2) is 22.7 Å². The predicted octanol–water partition coefficient (Wildman–Crippen LogP) is 3.52. The second-order valence-electron chi connectivity index (χ2n) is 6.75. The Hall–Kier alpha value is -1.83. The predicted molar refractivity (Wildman–Crippen MR) is 91.9 cm³/mol. The molecule has 1 aromatic carbocycles. The van der Waals surface area contributed by atoms with Crippen molar-refractivity contribution in [3.63, 3.8) is 0 Å². The molecular formula is C17H21BrFNO5. The van der Waals surface area contributed by atoms with Crippen LogP contribution in [0, 0.1) is 5.82 Å². The monoisotopic (exact) mass is 417 g/mol. The van der Waals surface area contributed by atoms with Crippen molar-refractivity contribution in [2.24, 2.45) is 0 Å². The Morgan fingerprint density at radius 2 is 1.96 bits per heavy atom. The highest BCUT2D eigenvalue weighted by molar-refractivity contribution is 9.10. The Morgan fingerprint density at radius 1 is 1.28 bits per heavy atom. The fraction of sp³-hybridized carbons (Fsp3) is 0.529. The quantitative estimate of drug-likeness (QED) is 0.703. The summed E-state index contributed by atoms with van der Waals surface area (Å²) in [5, 5.41) is 0. The van der Waals surface area contributed by atoms with Crippen LogP contribution in [0.5, 0.6) is 5.75 Å². The minimum Gasteiger partial charge on any atom is -0.488 e. The van der Waals surface area contributed by atoms with Crippen molar-refractivity contribution in [3.8, 4) is 5.75 Å². The molecule has 1 aromatic rings. The summed E-state index contributed by atoms with van der Waals surface area (Å²) in [6.07, 6.45) is -0.861. The van der Waals surface area contributed by atoms with Crippen molar-refractivity contribution in [1.29, 1.82) is 0 Å². The van der Waals surface area contributed by atoms with E-state index in [0.717, 1.165) is 0 Å². The SMILES string of the molecule is COC(=O)[C@@H]1C[C@H](Oc2cc(F)cc(Br)c2)CN1C(=O)OC(C)(C)C. The number of carbonyl (C=O) groups excluding carboxylic acids is 2. The number of methoxy groups -OCH3 is 1. The van der Waals surface area contributed by atoms with Crippen molar-refractivity contribution in [2.75, 3.05) is 13.7 Å². The number of ether oxygens (including phenoxy) is 3. The van der Waals surface area contributed by atoms with Crippen molar-refractivity contribution < 1.29 is 28.2 Å². The number of likely N-dealkylation sites (tertiary alicyclic amines) is 1. The highest BCUT2D eigenvalue weighted by Crippen LogP contribution is 2.28. The van der Waals surface area contributed by atoms with Crippen molar-refractivity contribution in [2.45, 2.75) is 44.9 Å². The zero-order valence-corrected chi connectivity index (χ0v) is 16.1. The van der Waals surface area contributed by atoms with E-state index in [1.807, 2.05) is 0 Å². The average Bonchev–Trinajstić information content (AvgIpc) is 2.87. The minimum atomic E-state index is -0.804. The second-order valence-corrected chi connectivity index (χ2v) is 7.67. The van der Waals surface area contributed by atoms with Gasteiger partial charge in [0.1, 0.15) is 29.3 Å². The molecule has 0 N–H and O–H groups in total. The van der Waals surface area contributed by atoms with Crippen LogP contribution in [0.2, 0.25) is 0 Å². The molecule has 0 saturated carbocycles. The van der Waals surface area contributed by atoms with E-state index in [-0.39, 0.29) is 13.0 Å². The Morgan fingerprint density at radius 3 is 2.52 bits per heavy atom. The summed E-state index contributed by atoms with van der Waals surface area (Å²) in [7, 11) is 1.26. The first kappa shape index (κ1) is 19.5. The van der Waals surface area contributed by atoms with Gasteiger partial charge in [-0.25, -0.2) is 14.0 Å². The van der Waals surface area contributed by atoms with Gasteiger partial charge in [-0.1, -0.05) is 15.9 Å². The summed E-state index contributed by atoms with van der Waals surface area (Å²) in [6, 6.07) is 3.37. The molecule has 0 unspecified atom stereocenters. The van der Waals surface area contributed by atoms with Crippen LogP contribution in [-0.2, 0) is 14.3 Å². The maximum atomic E-state index is 13.5. The van der Waals surface area contributed by atoms with Gasteiger partial charge in [-0.3, -0.25) is 4.90 Å². The fourth-order valence-corrected chi connectivity index (χ4v) is 3.00. The number of halogens is 2. The first-order chi connectivity index (χ1) is 11.6. The van der Waals surface area contributed by atoms with E-state index >= 15 is 0 Å². The molecule has 0 spiro atoms. The molecule has 0 radical (unpaired) electrons. The lowest BCUT2D eigenvalue weighted by Gasteiger charge is -2.27. The van der Waals surface area contributed by atoms with Gasteiger partial charge in [-0.05, 0) is 32.9 Å². The summed E-state index contributed by atoms with van der Waals surface area (Å²) in [5.41, 5.74) is -0.690. The summed E-state index contributed by atoms with van der Waals surface area (Å²) in [4.78, 5) is 25.7. The lowest BCUT2D eigenvalue weighted by molar-refractivity contribution is -0.145. The molecule has 1 aliphatic heterocycles. The number of rotatable bonds is 3. The lowest BCUT2D eigenvalue weighted by Crippen LogP contribution is -2.44. The van der Waals surface area contributed by atoms with E-state index in [4.69, 9.17) is 14.2 Å². The van der Waals surface area contributed by atoms with Gasteiger partial charge in [0.05, 0.1) is 13.7 Å². The normalized spacial score (nSPS) is 20.3. The van der Waals surface area contributed by atoms with E-state index in [2.05, 4.69) is 15.9 Å². The van der Waals surface area contributed by atoms with Crippen LogP contribution in [0.1, 0.15) is 27.2 Å². The van der Waals surface area contributed by atoms with Gasteiger partial charge in [0.25, 0.3) is 0 Å². The first-order valence-corrected chi connectivity index (χ1v) is 8.58. The number of esters is 1. The van der Waals surface area contributed by atoms with Crippen LogP contribution < -0.4 is 4.74 Å². The van der Waals surface area contributed by atoms with Crippen LogP contribution in [-0.4, -0.2) is 48.4 Å². The molecule has 1 saturated heterocycles. The molecule has 0 bridgehead atoms. The summed E-state index contributed by atoms with van der Waals surface area (Å²) in [6.45, 7) is 5.37. The summed E-state index contributed by atoms with van der Waals surface area (Å²) in [5.74, 6) is -0.681. The van der Waals surface area contributed by atoms with Gasteiger partial charge in [-0.2, -0.15) is 0 Å². The minimum absolute atomic E-state index is 0.142. The highest BCUT2D eigenvalue weighted by atomic mass is 79.9. The molecule has 1 heterocycles. The van der Waals surface area contributed by atoms with Gasteiger partial charge in [0.15, 0.2) is 0 Å². The summed E-state index contributed by atoms with van der Waals surface area (Å²) < 4.78 is 29.9. The summed E-state index contributed by atoms with van der Waals surface area (Å²) >= 11 is 3.20. The van der Waals surface area contributed by atoms with Gasteiger partial charge >= 0.3 is 12.1 Å². The number of hydrogen-bond acceptors (Lipinski definition) is 5. The molecule has 2 rings (SSSR count). The van der Waals surface area contributed by atoms with E-state index in [1.165, 1.54) is 24.1 Å². The smallest absolute Gasteiger partial charge is 0.411 e. The van der Waals surface area contributed by atoms with Crippen molar-refractivity contribution in [1.82, 2.24) is 4.90 Å². The third-order valence-corrected chi connectivity index (χ3v) is 3.96. The maximum absolute atomic E-state index is 13.5. The van der Waals surface area contributed by atoms with Gasteiger partial charge < -0.3 is 14.2 Å². The van der Waals surface area contributed by atoms with Crippen molar-refractivity contribution >= 4 is 28.0 Å². The van der Waals surface area contributed by atoms with Crippen LogP contribution in [0.3, 0.4) is 0 Å². The molecule has 2 atom stereocenters. The molecule has 25 heavy (non-hydrogen) atoms. The Balaban J connectivity index is 2.14. The van der Waals surface area contributed by atoms with E-state index in [0.29, 0.717) is 10.2 Å². The van der Waals surface area contributed by atoms with Gasteiger partial charge in [0.2, 0.25) is 0 Å². The highest BCUT2D eigenvalue weighted by Gasteiger charge is 2.43. The third kappa shape index (κ3) is 5.32. The molecule has 138 valence electrons. The molecular weight excluding hydrogens is 397 g/mol. The topological polar surface area (TPSA) is 65.1 Å². The molecule has 8 heteroatoms. The number of benzene rings is 1. The molecule has 1 amide bonds. The van der Waals surface area contributed by atoms with E-state index in [1.54, 1.807) is 26.8 Å².